The topological polar surface area (TPSA) is 31.0 Å². The number of epoxide rings is 1. The van der Waals surface area contributed by atoms with E-state index in [0.29, 0.717) is 5.44 Å². The van der Waals surface area contributed by atoms with E-state index in [1.54, 1.807) is 0 Å². The largest absolute Gasteiger partial charge is 0.362 e. The monoisotopic (exact) mass is 176 g/mol. The molecule has 2 aliphatic heterocycles. The summed E-state index contributed by atoms with van der Waals surface area (Å²) in [6.07, 6.45) is 1.05. The van der Waals surface area contributed by atoms with Crippen LogP contribution in [0.3, 0.4) is 0 Å². The van der Waals surface area contributed by atoms with Crippen LogP contribution in [-0.2, 0) is 14.2 Å². The van der Waals surface area contributed by atoms with Crippen molar-refractivity contribution in [3.63, 3.8) is 0 Å². The lowest BCUT2D eigenvalue weighted by molar-refractivity contribution is -0.0421. The molecule has 0 bridgehead atoms. The molecule has 0 radical (unpaired) electrons. The van der Waals surface area contributed by atoms with Crippen LogP contribution in [0.2, 0.25) is 0 Å². The zero-order valence-corrected chi connectivity index (χ0v) is 7.14. The van der Waals surface area contributed by atoms with Gasteiger partial charge in [0, 0.05) is 12.2 Å². The minimum Gasteiger partial charge on any atom is -0.362 e. The third-order valence-electron chi connectivity index (χ3n) is 1.65. The summed E-state index contributed by atoms with van der Waals surface area (Å²) in [5, 5.41) is 0. The van der Waals surface area contributed by atoms with Gasteiger partial charge in [-0.15, -0.1) is 11.8 Å². The van der Waals surface area contributed by atoms with E-state index in [9.17, 15) is 0 Å². The van der Waals surface area contributed by atoms with Gasteiger partial charge >= 0.3 is 0 Å². The van der Waals surface area contributed by atoms with Crippen molar-refractivity contribution in [2.45, 2.75) is 18.1 Å². The molecule has 0 N–H and O–H groups in total. The van der Waals surface area contributed by atoms with E-state index in [1.807, 2.05) is 11.8 Å². The van der Waals surface area contributed by atoms with Gasteiger partial charge in [0.2, 0.25) is 0 Å². The molecule has 0 amide bonds. The number of rotatable bonds is 4. The van der Waals surface area contributed by atoms with Crippen molar-refractivity contribution in [1.82, 2.24) is 0 Å². The second-order valence-corrected chi connectivity index (χ2v) is 3.86. The molecule has 2 saturated heterocycles. The third kappa shape index (κ3) is 2.63. The van der Waals surface area contributed by atoms with Crippen molar-refractivity contribution in [1.29, 1.82) is 0 Å². The molecule has 1 unspecified atom stereocenters. The SMILES string of the molecule is C1COC(CCSC2CO2)O1. The Morgan fingerprint density at radius 1 is 1.18 bits per heavy atom. The zero-order chi connectivity index (χ0) is 7.52. The van der Waals surface area contributed by atoms with Crippen molar-refractivity contribution in [2.75, 3.05) is 25.6 Å². The maximum absolute atomic E-state index is 5.28. The highest BCUT2D eigenvalue weighted by Gasteiger charge is 2.23. The second-order valence-electron chi connectivity index (χ2n) is 2.59. The minimum atomic E-state index is 0.0567. The summed E-state index contributed by atoms with van der Waals surface area (Å²) in [7, 11) is 0. The summed E-state index contributed by atoms with van der Waals surface area (Å²) >= 11 is 1.85. The van der Waals surface area contributed by atoms with Crippen LogP contribution < -0.4 is 0 Å². The van der Waals surface area contributed by atoms with Crippen molar-refractivity contribution >= 4 is 11.8 Å². The molecule has 0 aromatic rings. The molecule has 11 heavy (non-hydrogen) atoms. The van der Waals surface area contributed by atoms with Crippen LogP contribution in [0.5, 0.6) is 0 Å². The van der Waals surface area contributed by atoms with Crippen LogP contribution in [-0.4, -0.2) is 37.3 Å². The first-order valence-electron chi connectivity index (χ1n) is 3.91. The molecule has 2 fully saturated rings. The summed E-state index contributed by atoms with van der Waals surface area (Å²) < 4.78 is 15.6. The Hall–Kier alpha value is 0.230. The fourth-order valence-corrected chi connectivity index (χ4v) is 1.87. The van der Waals surface area contributed by atoms with Gasteiger partial charge < -0.3 is 14.2 Å². The fraction of sp³-hybridized carbons (Fsp3) is 1.00. The zero-order valence-electron chi connectivity index (χ0n) is 6.32. The second kappa shape index (κ2) is 3.76. The average molecular weight is 176 g/mol. The average Bonchev–Trinajstić information content (AvgIpc) is 2.66. The molecule has 0 aromatic heterocycles. The van der Waals surface area contributed by atoms with Crippen LogP contribution >= 0.6 is 11.8 Å². The Morgan fingerprint density at radius 2 is 1.91 bits per heavy atom. The van der Waals surface area contributed by atoms with Gasteiger partial charge in [-0.25, -0.2) is 0 Å². The lowest BCUT2D eigenvalue weighted by Gasteiger charge is -2.06. The van der Waals surface area contributed by atoms with E-state index < -0.39 is 0 Å². The molecule has 0 spiro atoms. The predicted octanol–water partition coefficient (Wildman–Crippen LogP) is 0.839. The quantitative estimate of drug-likeness (QED) is 0.594. The fourth-order valence-electron chi connectivity index (χ4n) is 1.01. The molecule has 2 rings (SSSR count). The normalized spacial score (nSPS) is 31.1. The molecule has 1 atom stereocenters. The molecule has 3 nitrogen and oxygen atoms in total. The summed E-state index contributed by atoms with van der Waals surface area (Å²) in [4.78, 5) is 0. The van der Waals surface area contributed by atoms with E-state index in [4.69, 9.17) is 14.2 Å². The summed E-state index contributed by atoms with van der Waals surface area (Å²) in [5.74, 6) is 1.08. The first-order chi connectivity index (χ1) is 5.45. The molecule has 0 saturated carbocycles. The standard InChI is InChI=1S/C7H12O3S/c1(4-11-7-5-10-7)6-8-2-3-9-6/h6-7H,1-5H2. The van der Waals surface area contributed by atoms with Gasteiger partial charge in [0.25, 0.3) is 0 Å². The molecule has 2 aliphatic rings. The van der Waals surface area contributed by atoms with Crippen molar-refractivity contribution in [3.8, 4) is 0 Å². The van der Waals surface area contributed by atoms with Crippen molar-refractivity contribution in [3.05, 3.63) is 0 Å². The number of thioether (sulfide) groups is 1. The van der Waals surface area contributed by atoms with Gasteiger partial charge in [-0.2, -0.15) is 0 Å². The molecule has 64 valence electrons. The maximum Gasteiger partial charge on any atom is 0.158 e. The predicted molar refractivity (Wildman–Crippen MR) is 42.5 cm³/mol. The van der Waals surface area contributed by atoms with E-state index in [-0.39, 0.29) is 6.29 Å². The lowest BCUT2D eigenvalue weighted by atomic mass is 10.5. The summed E-state index contributed by atoms with van der Waals surface area (Å²) in [6, 6.07) is 0. The first-order valence-corrected chi connectivity index (χ1v) is 4.96. The highest BCUT2D eigenvalue weighted by atomic mass is 32.2. The van der Waals surface area contributed by atoms with E-state index in [0.717, 1.165) is 32.0 Å². The Balaban J connectivity index is 1.51. The van der Waals surface area contributed by atoms with Crippen molar-refractivity contribution in [2.24, 2.45) is 0 Å². The van der Waals surface area contributed by atoms with Gasteiger partial charge in [0.05, 0.1) is 19.8 Å². The number of hydrogen-bond donors (Lipinski definition) is 0. The van der Waals surface area contributed by atoms with E-state index in [2.05, 4.69) is 0 Å². The van der Waals surface area contributed by atoms with Gasteiger partial charge in [0.1, 0.15) is 5.44 Å². The Kier molecular flexibility index (Phi) is 2.68. The third-order valence-corrected chi connectivity index (χ3v) is 2.77. The first kappa shape index (κ1) is 7.86. The Bertz CT molecular complexity index is 121. The van der Waals surface area contributed by atoms with Crippen LogP contribution in [0.25, 0.3) is 0 Å². The van der Waals surface area contributed by atoms with Gasteiger partial charge in [-0.3, -0.25) is 0 Å². The molecule has 0 aromatic carbocycles. The molecule has 0 aliphatic carbocycles. The number of ether oxygens (including phenoxy) is 3. The highest BCUT2D eigenvalue weighted by molar-refractivity contribution is 7.99. The molecule has 2 heterocycles. The van der Waals surface area contributed by atoms with Crippen LogP contribution in [0.1, 0.15) is 6.42 Å². The summed E-state index contributed by atoms with van der Waals surface area (Å²) in [6.45, 7) is 2.45. The van der Waals surface area contributed by atoms with E-state index in [1.165, 1.54) is 0 Å². The molecular formula is C7H12O3S. The number of hydrogen-bond acceptors (Lipinski definition) is 4. The smallest absolute Gasteiger partial charge is 0.158 e. The lowest BCUT2D eigenvalue weighted by Crippen LogP contribution is -2.08. The van der Waals surface area contributed by atoms with Gasteiger partial charge in [-0.1, -0.05) is 0 Å². The van der Waals surface area contributed by atoms with Crippen molar-refractivity contribution < 1.29 is 14.2 Å². The maximum atomic E-state index is 5.28. The Morgan fingerprint density at radius 3 is 2.55 bits per heavy atom. The van der Waals surface area contributed by atoms with E-state index >= 15 is 0 Å². The van der Waals surface area contributed by atoms with Crippen LogP contribution in [0.15, 0.2) is 0 Å². The summed E-state index contributed by atoms with van der Waals surface area (Å²) in [5.41, 5.74) is 0.469. The minimum absolute atomic E-state index is 0.0567. The van der Waals surface area contributed by atoms with Crippen LogP contribution in [0.4, 0.5) is 0 Å². The van der Waals surface area contributed by atoms with Crippen LogP contribution in [0, 0.1) is 0 Å². The highest BCUT2D eigenvalue weighted by Crippen LogP contribution is 2.25. The Labute approximate surface area is 70.4 Å². The van der Waals surface area contributed by atoms with Gasteiger partial charge in [0.15, 0.2) is 6.29 Å². The molecular weight excluding hydrogens is 164 g/mol. The molecule has 4 heteroatoms. The van der Waals surface area contributed by atoms with Gasteiger partial charge in [-0.05, 0) is 0 Å².